The van der Waals surface area contributed by atoms with Gasteiger partial charge in [-0.3, -0.25) is 9.59 Å². The van der Waals surface area contributed by atoms with Crippen LogP contribution in [-0.4, -0.2) is 36.9 Å². The van der Waals surface area contributed by atoms with Gasteiger partial charge in [-0.1, -0.05) is 31.6 Å². The van der Waals surface area contributed by atoms with Crippen molar-refractivity contribution in [2.45, 2.75) is 32.2 Å². The summed E-state index contributed by atoms with van der Waals surface area (Å²) in [4.78, 5) is 26.8. The van der Waals surface area contributed by atoms with E-state index >= 15 is 0 Å². The zero-order chi connectivity index (χ0) is 17.5. The van der Waals surface area contributed by atoms with Gasteiger partial charge in [0.2, 0.25) is 11.8 Å². The van der Waals surface area contributed by atoms with Crippen molar-refractivity contribution >= 4 is 11.8 Å². The van der Waals surface area contributed by atoms with E-state index in [4.69, 9.17) is 4.74 Å². The van der Waals surface area contributed by atoms with Crippen molar-refractivity contribution in [3.05, 3.63) is 42.5 Å². The quantitative estimate of drug-likeness (QED) is 0.746. The predicted molar refractivity (Wildman–Crippen MR) is 93.7 cm³/mol. The van der Waals surface area contributed by atoms with Gasteiger partial charge < -0.3 is 15.0 Å². The molecule has 1 saturated heterocycles. The number of ether oxygens (including phenoxy) is 1. The molecule has 1 heterocycles. The second-order valence-corrected chi connectivity index (χ2v) is 6.00. The van der Waals surface area contributed by atoms with Gasteiger partial charge in [0.25, 0.3) is 0 Å². The molecule has 1 aliphatic heterocycles. The molecule has 5 nitrogen and oxygen atoms in total. The molecule has 2 amide bonds. The molecule has 2 rings (SSSR count). The van der Waals surface area contributed by atoms with Gasteiger partial charge in [0.1, 0.15) is 5.75 Å². The molecule has 5 heteroatoms. The zero-order valence-corrected chi connectivity index (χ0v) is 14.5. The van der Waals surface area contributed by atoms with E-state index in [2.05, 4.69) is 18.8 Å². The summed E-state index contributed by atoms with van der Waals surface area (Å²) in [5.41, 5.74) is 0.969. The Kier molecular flexibility index (Phi) is 6.41. The number of likely N-dealkylation sites (tertiary alicyclic amines) is 1. The zero-order valence-electron chi connectivity index (χ0n) is 14.5. The van der Waals surface area contributed by atoms with Crippen LogP contribution in [0.5, 0.6) is 5.75 Å². The number of hydrogen-bond donors (Lipinski definition) is 1. The van der Waals surface area contributed by atoms with Crippen molar-refractivity contribution in [1.82, 2.24) is 10.2 Å². The minimum absolute atomic E-state index is 0.0445. The number of carbonyl (C=O) groups excluding carboxylic acids is 2. The number of methoxy groups -OCH3 is 1. The van der Waals surface area contributed by atoms with E-state index in [1.54, 1.807) is 13.2 Å². The van der Waals surface area contributed by atoms with E-state index in [1.165, 1.54) is 0 Å². The molecule has 1 aliphatic rings. The van der Waals surface area contributed by atoms with E-state index in [9.17, 15) is 9.59 Å². The molecule has 1 N–H and O–H groups in total. The van der Waals surface area contributed by atoms with Gasteiger partial charge in [0.05, 0.1) is 19.1 Å². The number of amides is 2. The van der Waals surface area contributed by atoms with Gasteiger partial charge >= 0.3 is 0 Å². The molecular weight excluding hydrogens is 304 g/mol. The summed E-state index contributed by atoms with van der Waals surface area (Å²) in [6.45, 7) is 6.80. The van der Waals surface area contributed by atoms with Crippen molar-refractivity contribution in [2.75, 3.05) is 20.2 Å². The van der Waals surface area contributed by atoms with Crippen LogP contribution >= 0.6 is 0 Å². The van der Waals surface area contributed by atoms with Crippen LogP contribution in [0.4, 0.5) is 0 Å². The Morgan fingerprint density at radius 3 is 2.71 bits per heavy atom. The van der Waals surface area contributed by atoms with E-state index in [-0.39, 0.29) is 30.2 Å². The Bertz CT molecular complexity index is 583. The molecule has 1 fully saturated rings. The van der Waals surface area contributed by atoms with E-state index in [1.807, 2.05) is 29.2 Å². The Hall–Kier alpha value is -2.30. The lowest BCUT2D eigenvalue weighted by molar-refractivity contribution is -0.129. The monoisotopic (exact) mass is 330 g/mol. The van der Waals surface area contributed by atoms with Gasteiger partial charge in [-0.2, -0.15) is 0 Å². The normalized spacial score (nSPS) is 20.1. The second-order valence-electron chi connectivity index (χ2n) is 6.00. The van der Waals surface area contributed by atoms with Crippen molar-refractivity contribution in [3.63, 3.8) is 0 Å². The first-order valence-electron chi connectivity index (χ1n) is 8.44. The third-order valence-corrected chi connectivity index (χ3v) is 4.40. The molecule has 24 heavy (non-hydrogen) atoms. The molecule has 0 aliphatic carbocycles. The second kappa shape index (κ2) is 8.52. The first-order chi connectivity index (χ1) is 11.6. The summed E-state index contributed by atoms with van der Waals surface area (Å²) in [7, 11) is 1.62. The Labute approximate surface area is 143 Å². The molecule has 0 bridgehead atoms. The number of nitrogens with zero attached hydrogens (tertiary/aromatic N) is 1. The third-order valence-electron chi connectivity index (χ3n) is 4.40. The van der Waals surface area contributed by atoms with Crippen LogP contribution in [0, 0.1) is 5.92 Å². The number of hydrogen-bond acceptors (Lipinski definition) is 3. The lowest BCUT2D eigenvalue weighted by Gasteiger charge is -2.28. The summed E-state index contributed by atoms with van der Waals surface area (Å²) >= 11 is 0. The average molecular weight is 330 g/mol. The summed E-state index contributed by atoms with van der Waals surface area (Å²) in [5, 5.41) is 2.83. The fourth-order valence-electron chi connectivity index (χ4n) is 3.13. The van der Waals surface area contributed by atoms with Crippen LogP contribution in [-0.2, 0) is 9.59 Å². The van der Waals surface area contributed by atoms with Crippen molar-refractivity contribution < 1.29 is 14.3 Å². The maximum atomic E-state index is 12.5. The number of nitrogens with one attached hydrogen (secondary N) is 1. The third kappa shape index (κ3) is 3.96. The van der Waals surface area contributed by atoms with Crippen LogP contribution in [0.25, 0.3) is 0 Å². The molecule has 0 unspecified atom stereocenters. The molecule has 0 radical (unpaired) electrons. The van der Waals surface area contributed by atoms with Crippen LogP contribution in [0.15, 0.2) is 36.9 Å². The highest BCUT2D eigenvalue weighted by Gasteiger charge is 2.43. The fourth-order valence-corrected chi connectivity index (χ4v) is 3.13. The van der Waals surface area contributed by atoms with E-state index in [0.717, 1.165) is 24.2 Å². The Morgan fingerprint density at radius 1 is 1.42 bits per heavy atom. The summed E-state index contributed by atoms with van der Waals surface area (Å²) in [6.07, 6.45) is 3.83. The first kappa shape index (κ1) is 18.0. The topological polar surface area (TPSA) is 58.6 Å². The summed E-state index contributed by atoms with van der Waals surface area (Å²) in [5.74, 6) is 0.338. The van der Waals surface area contributed by atoms with Crippen molar-refractivity contribution in [1.29, 1.82) is 0 Å². The summed E-state index contributed by atoms with van der Waals surface area (Å²) < 4.78 is 5.20. The molecular formula is C19H26N2O3. The molecule has 0 spiro atoms. The molecule has 2 atom stereocenters. The number of rotatable bonds is 8. The van der Waals surface area contributed by atoms with Gasteiger partial charge in [0.15, 0.2) is 0 Å². The molecule has 130 valence electrons. The molecule has 0 aromatic heterocycles. The van der Waals surface area contributed by atoms with Gasteiger partial charge in [-0.05, 0) is 24.1 Å². The van der Waals surface area contributed by atoms with Crippen LogP contribution in [0.2, 0.25) is 0 Å². The van der Waals surface area contributed by atoms with Gasteiger partial charge in [-0.25, -0.2) is 0 Å². The van der Waals surface area contributed by atoms with Crippen LogP contribution in [0.1, 0.15) is 37.8 Å². The van der Waals surface area contributed by atoms with Crippen molar-refractivity contribution in [2.24, 2.45) is 5.92 Å². The van der Waals surface area contributed by atoms with E-state index in [0.29, 0.717) is 13.1 Å². The predicted octanol–water partition coefficient (Wildman–Crippen LogP) is 2.69. The highest BCUT2D eigenvalue weighted by atomic mass is 16.5. The lowest BCUT2D eigenvalue weighted by atomic mass is 9.92. The molecule has 1 aromatic carbocycles. The SMILES string of the molecule is C=CCNC(=O)[C@@H]1CC(=O)N(CCCC)[C@H]1c1ccc(OC)cc1. The standard InChI is InChI=1S/C19H26N2O3/c1-4-6-12-21-17(22)13-16(19(23)20-11-5-2)18(21)14-7-9-15(24-3)10-8-14/h5,7-10,16,18H,2,4,6,11-13H2,1,3H3,(H,20,23)/t16-,18+/m1/s1. The number of unbranched alkanes of at least 4 members (excludes halogenated alkanes) is 1. The minimum Gasteiger partial charge on any atom is -0.497 e. The Morgan fingerprint density at radius 2 is 2.12 bits per heavy atom. The lowest BCUT2D eigenvalue weighted by Crippen LogP contribution is -2.36. The van der Waals surface area contributed by atoms with E-state index < -0.39 is 0 Å². The smallest absolute Gasteiger partial charge is 0.226 e. The molecule has 0 saturated carbocycles. The fraction of sp³-hybridized carbons (Fsp3) is 0.474. The highest BCUT2D eigenvalue weighted by molar-refractivity contribution is 5.90. The maximum Gasteiger partial charge on any atom is 0.226 e. The van der Waals surface area contributed by atoms with Gasteiger partial charge in [-0.15, -0.1) is 6.58 Å². The number of benzene rings is 1. The maximum absolute atomic E-state index is 12.5. The highest BCUT2D eigenvalue weighted by Crippen LogP contribution is 2.39. The van der Waals surface area contributed by atoms with Gasteiger partial charge in [0, 0.05) is 19.5 Å². The van der Waals surface area contributed by atoms with Crippen LogP contribution in [0.3, 0.4) is 0 Å². The van der Waals surface area contributed by atoms with Crippen molar-refractivity contribution in [3.8, 4) is 5.75 Å². The average Bonchev–Trinajstić information content (AvgIpc) is 2.94. The van der Waals surface area contributed by atoms with Crippen LogP contribution < -0.4 is 10.1 Å². The largest absolute Gasteiger partial charge is 0.497 e. The first-order valence-corrected chi connectivity index (χ1v) is 8.44. The summed E-state index contributed by atoms with van der Waals surface area (Å²) in [6, 6.07) is 7.40. The Balaban J connectivity index is 2.29. The number of carbonyl (C=O) groups is 2. The molecule has 1 aromatic rings. The minimum atomic E-state index is -0.372.